The Morgan fingerprint density at radius 2 is 1.20 bits per heavy atom. The van der Waals surface area contributed by atoms with E-state index in [9.17, 15) is 4.79 Å². The first kappa shape index (κ1) is 31.5. The molecular weight excluding hydrogens is 202 g/mol. The van der Waals surface area contributed by atoms with E-state index in [1.807, 2.05) is 0 Å². The molecule has 0 fully saturated rings. The smallest absolute Gasteiger partial charge is 0.159 e. The van der Waals surface area contributed by atoms with Crippen LogP contribution in [0, 0.1) is 0 Å². The number of halogens is 3. The predicted molar refractivity (Wildman–Crippen MR) is 48.5 cm³/mol. The molecule has 0 unspecified atom stereocenters. The number of ketones is 1. The van der Waals surface area contributed by atoms with E-state index in [0.717, 1.165) is 0 Å². The first-order chi connectivity index (χ1) is 2.81. The van der Waals surface area contributed by atoms with Crippen LogP contribution < -0.4 is 11.5 Å². The van der Waals surface area contributed by atoms with Crippen LogP contribution in [0.4, 0.5) is 0 Å². The second-order valence-electron chi connectivity index (χ2n) is 0.947. The van der Waals surface area contributed by atoms with Crippen LogP contribution in [-0.2, 0) is 4.79 Å². The standard InChI is InChI=1S/C3H8N2O.3ClH.H2O/c4-1-3(6)2-5;;;;/h1-2,4-5H2;3*1H;1H2. The normalized spacial score (nSPS) is 5.00. The number of Topliss-reactive ketones (excluding diaryl/α,β-unsaturated/α-hetero) is 1. The van der Waals surface area contributed by atoms with Crippen molar-refractivity contribution in [1.82, 2.24) is 0 Å². The third-order valence-corrected chi connectivity index (χ3v) is 0.455. The van der Waals surface area contributed by atoms with E-state index < -0.39 is 0 Å². The van der Waals surface area contributed by atoms with Crippen LogP contribution in [0.3, 0.4) is 0 Å². The van der Waals surface area contributed by atoms with Crippen molar-refractivity contribution in [3.63, 3.8) is 0 Å². The van der Waals surface area contributed by atoms with E-state index in [1.54, 1.807) is 0 Å². The number of hydrogen-bond donors (Lipinski definition) is 2. The zero-order chi connectivity index (χ0) is 4.99. The van der Waals surface area contributed by atoms with Gasteiger partial charge in [0.05, 0.1) is 13.1 Å². The molecule has 7 heteroatoms. The molecule has 0 aliphatic rings. The lowest BCUT2D eigenvalue weighted by Gasteiger charge is -1.82. The molecule has 0 saturated heterocycles. The first-order valence-electron chi connectivity index (χ1n) is 1.73. The average Bonchev–Trinajstić information content (AvgIpc) is 1.65. The van der Waals surface area contributed by atoms with Crippen molar-refractivity contribution >= 4 is 43.0 Å². The number of hydrogen-bond acceptors (Lipinski definition) is 3. The fourth-order valence-corrected chi connectivity index (χ4v) is 0.0833. The van der Waals surface area contributed by atoms with E-state index in [1.165, 1.54) is 0 Å². The van der Waals surface area contributed by atoms with Crippen molar-refractivity contribution < 1.29 is 10.3 Å². The van der Waals surface area contributed by atoms with E-state index >= 15 is 0 Å². The van der Waals surface area contributed by atoms with Crippen LogP contribution in [0.2, 0.25) is 0 Å². The number of carbonyl (C=O) groups is 1. The van der Waals surface area contributed by atoms with Crippen LogP contribution in [-0.4, -0.2) is 24.3 Å². The minimum absolute atomic E-state index is 0. The second-order valence-corrected chi connectivity index (χ2v) is 0.947. The maximum Gasteiger partial charge on any atom is 0.159 e. The molecule has 0 bridgehead atoms. The molecule has 0 aromatic heterocycles. The quantitative estimate of drug-likeness (QED) is 0.612. The van der Waals surface area contributed by atoms with Crippen LogP contribution in [0.5, 0.6) is 0 Å². The molecular formula is C3H13Cl3N2O2. The van der Waals surface area contributed by atoms with Gasteiger partial charge in [0.2, 0.25) is 0 Å². The Morgan fingerprint density at radius 1 is 1.00 bits per heavy atom. The summed E-state index contributed by atoms with van der Waals surface area (Å²) >= 11 is 0. The highest BCUT2D eigenvalue weighted by Crippen LogP contribution is 1.52. The van der Waals surface area contributed by atoms with Crippen LogP contribution in [0.15, 0.2) is 0 Å². The average molecular weight is 216 g/mol. The van der Waals surface area contributed by atoms with E-state index in [4.69, 9.17) is 11.5 Å². The van der Waals surface area contributed by atoms with Gasteiger partial charge in [-0.05, 0) is 0 Å². The molecule has 0 amide bonds. The zero-order valence-electron chi connectivity index (χ0n) is 5.20. The molecule has 68 valence electrons. The van der Waals surface area contributed by atoms with Gasteiger partial charge in [0.1, 0.15) is 0 Å². The molecule has 6 N–H and O–H groups in total. The molecule has 10 heavy (non-hydrogen) atoms. The maximum absolute atomic E-state index is 9.93. The molecule has 0 rings (SSSR count). The zero-order valence-corrected chi connectivity index (χ0v) is 7.65. The fraction of sp³-hybridized carbons (Fsp3) is 0.667. The second kappa shape index (κ2) is 22.7. The summed E-state index contributed by atoms with van der Waals surface area (Å²) in [6.07, 6.45) is 0. The van der Waals surface area contributed by atoms with Gasteiger partial charge in [-0.3, -0.25) is 4.79 Å². The summed E-state index contributed by atoms with van der Waals surface area (Å²) in [6, 6.07) is 0. The van der Waals surface area contributed by atoms with Gasteiger partial charge in [-0.1, -0.05) is 0 Å². The molecule has 4 nitrogen and oxygen atoms in total. The van der Waals surface area contributed by atoms with E-state index in [-0.39, 0.29) is 61.6 Å². The topological polar surface area (TPSA) is 101 Å². The van der Waals surface area contributed by atoms with Crippen LogP contribution >= 0.6 is 37.2 Å². The third-order valence-electron chi connectivity index (χ3n) is 0.455. The lowest BCUT2D eigenvalue weighted by molar-refractivity contribution is -0.116. The van der Waals surface area contributed by atoms with Gasteiger partial charge < -0.3 is 16.9 Å². The van der Waals surface area contributed by atoms with Gasteiger partial charge in [0.15, 0.2) is 5.78 Å². The molecule has 0 saturated carbocycles. The molecule has 0 atom stereocenters. The lowest BCUT2D eigenvalue weighted by Crippen LogP contribution is -2.22. The monoisotopic (exact) mass is 214 g/mol. The van der Waals surface area contributed by atoms with E-state index in [2.05, 4.69) is 0 Å². The maximum atomic E-state index is 9.93. The SMILES string of the molecule is Cl.Cl.Cl.NCC(=O)CN.O. The Bertz CT molecular complexity index is 57.7. The summed E-state index contributed by atoms with van der Waals surface area (Å²) in [5, 5.41) is 0. The van der Waals surface area contributed by atoms with E-state index in [0.29, 0.717) is 0 Å². The summed E-state index contributed by atoms with van der Waals surface area (Å²) in [5.74, 6) is -0.102. The van der Waals surface area contributed by atoms with Crippen molar-refractivity contribution in [2.24, 2.45) is 11.5 Å². The summed E-state index contributed by atoms with van der Waals surface area (Å²) in [5.41, 5.74) is 9.71. The fourth-order valence-electron chi connectivity index (χ4n) is 0.0833. The van der Waals surface area contributed by atoms with Gasteiger partial charge in [0, 0.05) is 0 Å². The molecule has 0 spiro atoms. The highest BCUT2D eigenvalue weighted by Gasteiger charge is 1.87. The minimum atomic E-state index is -0.102. The predicted octanol–water partition coefficient (Wildman–Crippen LogP) is -1.09. The van der Waals surface area contributed by atoms with Gasteiger partial charge >= 0.3 is 0 Å². The Kier molecular flexibility index (Phi) is 71.6. The minimum Gasteiger partial charge on any atom is -0.412 e. The number of nitrogens with two attached hydrogens (primary N) is 2. The van der Waals surface area contributed by atoms with Crippen molar-refractivity contribution in [1.29, 1.82) is 0 Å². The van der Waals surface area contributed by atoms with Crippen molar-refractivity contribution in [2.75, 3.05) is 13.1 Å². The van der Waals surface area contributed by atoms with Crippen molar-refractivity contribution in [3.05, 3.63) is 0 Å². The molecule has 0 aromatic rings. The molecule has 0 radical (unpaired) electrons. The van der Waals surface area contributed by atoms with Crippen molar-refractivity contribution in [3.8, 4) is 0 Å². The number of rotatable bonds is 2. The van der Waals surface area contributed by atoms with Crippen molar-refractivity contribution in [2.45, 2.75) is 0 Å². The Morgan fingerprint density at radius 3 is 1.20 bits per heavy atom. The Balaban J connectivity index is -0.0000000208. The molecule has 0 aromatic carbocycles. The lowest BCUT2D eigenvalue weighted by atomic mass is 10.4. The summed E-state index contributed by atoms with van der Waals surface area (Å²) in [7, 11) is 0. The third kappa shape index (κ3) is 23.7. The first-order valence-corrected chi connectivity index (χ1v) is 1.73. The number of carbonyl (C=O) groups excluding carboxylic acids is 1. The molecule has 0 aliphatic carbocycles. The Hall–Kier alpha value is 0.420. The highest BCUT2D eigenvalue weighted by molar-refractivity contribution is 5.86. The van der Waals surface area contributed by atoms with Crippen LogP contribution in [0.25, 0.3) is 0 Å². The summed E-state index contributed by atoms with van der Waals surface area (Å²) in [4.78, 5) is 9.93. The summed E-state index contributed by atoms with van der Waals surface area (Å²) < 4.78 is 0. The van der Waals surface area contributed by atoms with Crippen LogP contribution in [0.1, 0.15) is 0 Å². The largest absolute Gasteiger partial charge is 0.412 e. The highest BCUT2D eigenvalue weighted by atomic mass is 35.5. The van der Waals surface area contributed by atoms with Gasteiger partial charge in [0.25, 0.3) is 0 Å². The van der Waals surface area contributed by atoms with Gasteiger partial charge in [-0.25, -0.2) is 0 Å². The Labute approximate surface area is 78.3 Å². The molecule has 0 heterocycles. The summed E-state index contributed by atoms with van der Waals surface area (Å²) in [6.45, 7) is 0.132. The van der Waals surface area contributed by atoms with Gasteiger partial charge in [-0.15, -0.1) is 37.2 Å². The van der Waals surface area contributed by atoms with Gasteiger partial charge in [-0.2, -0.15) is 0 Å². The molecule has 0 aliphatic heterocycles.